The molecule has 0 fully saturated rings. The molecule has 0 bridgehead atoms. The van der Waals surface area contributed by atoms with E-state index in [1.54, 1.807) is 0 Å². The molecule has 0 rings (SSSR count). The van der Waals surface area contributed by atoms with Crippen molar-refractivity contribution in [2.45, 2.75) is 284 Å². The molecule has 0 N–H and O–H groups in total. The molecule has 0 saturated heterocycles. The summed E-state index contributed by atoms with van der Waals surface area (Å²) in [6, 6.07) is 0. The van der Waals surface area contributed by atoms with E-state index in [9.17, 15) is 9.59 Å². The molecule has 382 valence electrons. The molecule has 0 aliphatic rings. The van der Waals surface area contributed by atoms with Gasteiger partial charge in [-0.3, -0.25) is 9.59 Å². The van der Waals surface area contributed by atoms with Crippen LogP contribution in [0.5, 0.6) is 0 Å². The monoisotopic (exact) mass is 921 g/mol. The second-order valence-electron chi connectivity index (χ2n) is 18.8. The third kappa shape index (κ3) is 54.0. The first-order valence-corrected chi connectivity index (χ1v) is 28.5. The molecule has 0 spiro atoms. The molecule has 1 atom stereocenters. The first-order valence-electron chi connectivity index (χ1n) is 28.5. The lowest BCUT2D eigenvalue weighted by Gasteiger charge is -2.18. The van der Waals surface area contributed by atoms with E-state index in [0.29, 0.717) is 19.4 Å². The van der Waals surface area contributed by atoms with Gasteiger partial charge in [0.2, 0.25) is 0 Å². The minimum absolute atomic E-state index is 0.0721. The lowest BCUT2D eigenvalue weighted by Crippen LogP contribution is -2.30. The highest BCUT2D eigenvalue weighted by atomic mass is 16.6. The molecule has 0 amide bonds. The average Bonchev–Trinajstić information content (AvgIpc) is 3.32. The number of carbonyl (C=O) groups is 2. The van der Waals surface area contributed by atoms with Gasteiger partial charge in [-0.2, -0.15) is 0 Å². The summed E-state index contributed by atoms with van der Waals surface area (Å²) in [4.78, 5) is 25.5. The third-order valence-electron chi connectivity index (χ3n) is 12.2. The van der Waals surface area contributed by atoms with E-state index in [-0.39, 0.29) is 25.2 Å². The second kappa shape index (κ2) is 56.7. The Kier molecular flexibility index (Phi) is 54.4. The van der Waals surface area contributed by atoms with Gasteiger partial charge in [-0.25, -0.2) is 0 Å². The third-order valence-corrected chi connectivity index (χ3v) is 12.2. The highest BCUT2D eigenvalue weighted by molar-refractivity contribution is 5.70. The van der Waals surface area contributed by atoms with Crippen molar-refractivity contribution in [1.29, 1.82) is 0 Å². The van der Waals surface area contributed by atoms with Crippen molar-refractivity contribution in [3.8, 4) is 0 Å². The van der Waals surface area contributed by atoms with E-state index in [4.69, 9.17) is 14.2 Å². The number of allylic oxidation sites excluding steroid dienone is 12. The maximum atomic E-state index is 12.8. The molecule has 1 unspecified atom stereocenters. The van der Waals surface area contributed by atoms with Crippen LogP contribution in [0.1, 0.15) is 278 Å². The molecule has 0 aromatic heterocycles. The summed E-state index contributed by atoms with van der Waals surface area (Å²) in [7, 11) is 0. The number of rotatable bonds is 52. The Labute approximate surface area is 410 Å². The summed E-state index contributed by atoms with van der Waals surface area (Å²) in [5, 5.41) is 0. The minimum Gasteiger partial charge on any atom is -0.462 e. The molecular weight excluding hydrogens is 813 g/mol. The Morgan fingerprint density at radius 2 is 0.682 bits per heavy atom. The maximum Gasteiger partial charge on any atom is 0.306 e. The van der Waals surface area contributed by atoms with Crippen molar-refractivity contribution in [1.82, 2.24) is 0 Å². The molecule has 0 saturated carbocycles. The van der Waals surface area contributed by atoms with Crippen molar-refractivity contribution >= 4 is 11.9 Å². The fourth-order valence-corrected chi connectivity index (χ4v) is 7.96. The number of esters is 2. The predicted octanol–water partition coefficient (Wildman–Crippen LogP) is 19.5. The van der Waals surface area contributed by atoms with Crippen LogP contribution in [0.15, 0.2) is 72.9 Å². The topological polar surface area (TPSA) is 61.8 Å². The Morgan fingerprint density at radius 3 is 1.14 bits per heavy atom. The second-order valence-corrected chi connectivity index (χ2v) is 18.8. The number of hydrogen-bond acceptors (Lipinski definition) is 5. The van der Waals surface area contributed by atoms with Crippen LogP contribution in [0.4, 0.5) is 0 Å². The van der Waals surface area contributed by atoms with Gasteiger partial charge in [0, 0.05) is 19.4 Å². The van der Waals surface area contributed by atoms with Gasteiger partial charge in [0.15, 0.2) is 6.10 Å². The zero-order chi connectivity index (χ0) is 47.7. The number of carbonyl (C=O) groups excluding carboxylic acids is 2. The highest BCUT2D eigenvalue weighted by Crippen LogP contribution is 2.15. The van der Waals surface area contributed by atoms with E-state index in [2.05, 4.69) is 93.7 Å². The molecule has 0 radical (unpaired) electrons. The van der Waals surface area contributed by atoms with Crippen LogP contribution < -0.4 is 0 Å². The Balaban J connectivity index is 4.30. The van der Waals surface area contributed by atoms with Crippen molar-refractivity contribution < 1.29 is 23.8 Å². The summed E-state index contributed by atoms with van der Waals surface area (Å²) in [5.41, 5.74) is 0. The molecule has 5 nitrogen and oxygen atoms in total. The van der Waals surface area contributed by atoms with Crippen molar-refractivity contribution in [3.05, 3.63) is 72.9 Å². The Morgan fingerprint density at radius 1 is 0.348 bits per heavy atom. The van der Waals surface area contributed by atoms with Crippen LogP contribution in [0.2, 0.25) is 0 Å². The van der Waals surface area contributed by atoms with Crippen LogP contribution in [0.25, 0.3) is 0 Å². The first-order chi connectivity index (χ1) is 32.6. The summed E-state index contributed by atoms with van der Waals surface area (Å²) < 4.78 is 17.5. The quantitative estimate of drug-likeness (QED) is 0.0346. The standard InChI is InChI=1S/C61H108O5/c1-4-7-10-13-16-19-22-25-28-30-32-35-38-41-44-47-50-53-56-64-57-59(66-61(63)55-52-49-46-43-40-37-33-27-24-21-18-15-12-9-6-3)58-65-60(62)54-51-48-45-42-39-36-34-31-29-26-23-20-17-14-11-8-5-2/h8,11,17-18,20-21,25-29,33,59H,4-7,9-10,12-16,19,22-24,30-32,34-58H2,1-3H3/b11-8-,20-17-,21-18-,28-25-,29-26-,33-27-. The van der Waals surface area contributed by atoms with Gasteiger partial charge >= 0.3 is 11.9 Å². The van der Waals surface area contributed by atoms with Gasteiger partial charge in [-0.05, 0) is 109 Å². The summed E-state index contributed by atoms with van der Waals surface area (Å²) in [6.45, 7) is 7.68. The van der Waals surface area contributed by atoms with E-state index in [0.717, 1.165) is 89.9 Å². The predicted molar refractivity (Wildman–Crippen MR) is 288 cm³/mol. The van der Waals surface area contributed by atoms with Crippen LogP contribution >= 0.6 is 0 Å². The van der Waals surface area contributed by atoms with E-state index in [1.165, 1.54) is 154 Å². The van der Waals surface area contributed by atoms with Crippen molar-refractivity contribution in [2.24, 2.45) is 0 Å². The fourth-order valence-electron chi connectivity index (χ4n) is 7.96. The summed E-state index contributed by atoms with van der Waals surface area (Å²) in [6.07, 6.45) is 73.4. The zero-order valence-corrected chi connectivity index (χ0v) is 44.0. The number of unbranched alkanes of at least 4 members (excludes halogenated alkanes) is 29. The smallest absolute Gasteiger partial charge is 0.306 e. The fraction of sp³-hybridized carbons (Fsp3) is 0.770. The van der Waals surface area contributed by atoms with Crippen molar-refractivity contribution in [3.63, 3.8) is 0 Å². The normalized spacial score (nSPS) is 12.7. The SMILES string of the molecule is CC/C=C\C/C=C\C/C=C\CCCCCCCCCC(=O)OCC(COCCCCCCCCCC/C=C\CCCCCCCC)OC(=O)CCCCCCC/C=C\C/C=C\CCCCC. The lowest BCUT2D eigenvalue weighted by molar-refractivity contribution is -0.163. The first kappa shape index (κ1) is 63.3. The molecule has 0 heterocycles. The van der Waals surface area contributed by atoms with Gasteiger partial charge in [0.05, 0.1) is 6.61 Å². The molecule has 0 aliphatic heterocycles. The summed E-state index contributed by atoms with van der Waals surface area (Å²) in [5.74, 6) is -0.419. The van der Waals surface area contributed by atoms with E-state index >= 15 is 0 Å². The van der Waals surface area contributed by atoms with Gasteiger partial charge in [-0.15, -0.1) is 0 Å². The maximum absolute atomic E-state index is 12.8. The highest BCUT2D eigenvalue weighted by Gasteiger charge is 2.17. The molecular formula is C61H108O5. The number of ether oxygens (including phenoxy) is 3. The van der Waals surface area contributed by atoms with Gasteiger partial charge < -0.3 is 14.2 Å². The zero-order valence-electron chi connectivity index (χ0n) is 44.0. The van der Waals surface area contributed by atoms with Gasteiger partial charge in [0.25, 0.3) is 0 Å². The minimum atomic E-state index is -0.552. The van der Waals surface area contributed by atoms with Crippen LogP contribution in [0.3, 0.4) is 0 Å². The van der Waals surface area contributed by atoms with Crippen LogP contribution in [-0.2, 0) is 23.8 Å². The molecule has 0 aromatic rings. The van der Waals surface area contributed by atoms with Crippen molar-refractivity contribution in [2.75, 3.05) is 19.8 Å². The lowest BCUT2D eigenvalue weighted by atomic mass is 10.1. The summed E-state index contributed by atoms with van der Waals surface area (Å²) >= 11 is 0. The van der Waals surface area contributed by atoms with E-state index < -0.39 is 6.10 Å². The molecule has 0 aliphatic carbocycles. The Hall–Kier alpha value is -2.66. The average molecular weight is 922 g/mol. The van der Waals surface area contributed by atoms with Crippen LogP contribution in [0, 0.1) is 0 Å². The number of hydrogen-bond donors (Lipinski definition) is 0. The largest absolute Gasteiger partial charge is 0.462 e. The molecule has 0 aromatic carbocycles. The Bertz CT molecular complexity index is 1180. The molecule has 5 heteroatoms. The van der Waals surface area contributed by atoms with Gasteiger partial charge in [0.1, 0.15) is 6.61 Å². The van der Waals surface area contributed by atoms with Gasteiger partial charge in [-0.1, -0.05) is 229 Å². The molecule has 66 heavy (non-hydrogen) atoms. The van der Waals surface area contributed by atoms with Crippen LogP contribution in [-0.4, -0.2) is 37.9 Å². The van der Waals surface area contributed by atoms with E-state index in [1.807, 2.05) is 0 Å².